The summed E-state index contributed by atoms with van der Waals surface area (Å²) in [7, 11) is -3.78. The fraction of sp³-hybridized carbons (Fsp3) is 0.450. The number of nitrogens with one attached hydrogen (secondary N) is 1. The molecule has 0 aliphatic carbocycles. The lowest BCUT2D eigenvalue weighted by Gasteiger charge is -2.25. The first-order valence-electron chi connectivity index (χ1n) is 11.0. The van der Waals surface area contributed by atoms with Crippen molar-refractivity contribution in [1.82, 2.24) is 24.6 Å². The Hall–Kier alpha value is -3.41. The predicted octanol–water partition coefficient (Wildman–Crippen LogP) is 3.55. The number of hydrogen-bond donors (Lipinski definition) is 3. The Bertz CT molecular complexity index is 1270. The van der Waals surface area contributed by atoms with E-state index in [1.807, 2.05) is 19.9 Å². The van der Waals surface area contributed by atoms with E-state index < -0.39 is 26.1 Å². The van der Waals surface area contributed by atoms with Gasteiger partial charge in [-0.2, -0.15) is 9.97 Å². The molecule has 1 aliphatic heterocycles. The number of nitrogens with zero attached hydrogens (tertiary/aromatic N) is 7. The molecule has 14 nitrogen and oxygen atoms in total. The van der Waals surface area contributed by atoms with Crippen molar-refractivity contribution in [3.05, 3.63) is 47.1 Å². The van der Waals surface area contributed by atoms with Gasteiger partial charge < -0.3 is 20.7 Å². The molecular formula is C20H27N10O4P. The molecule has 0 radical (unpaired) electrons. The highest BCUT2D eigenvalue weighted by atomic mass is 31.2. The average molecular weight is 502 g/mol. The summed E-state index contributed by atoms with van der Waals surface area (Å²) in [6.07, 6.45) is 1.20. The van der Waals surface area contributed by atoms with Crippen LogP contribution in [0.3, 0.4) is 0 Å². The van der Waals surface area contributed by atoms with Gasteiger partial charge in [-0.05, 0) is 31.0 Å². The molecule has 1 saturated heterocycles. The number of para-hydroxylation sites is 1. The minimum atomic E-state index is -3.78. The van der Waals surface area contributed by atoms with E-state index in [2.05, 4.69) is 30.1 Å². The lowest BCUT2D eigenvalue weighted by molar-refractivity contribution is -0.0202. The van der Waals surface area contributed by atoms with Crippen LogP contribution in [0, 0.1) is 0 Å². The maximum atomic E-state index is 13.6. The molecule has 1 fully saturated rings. The molecular weight excluding hydrogens is 475 g/mol. The van der Waals surface area contributed by atoms with Crippen LogP contribution in [0.4, 0.5) is 11.8 Å². The van der Waals surface area contributed by atoms with Gasteiger partial charge in [0, 0.05) is 17.4 Å². The monoisotopic (exact) mass is 502 g/mol. The summed E-state index contributed by atoms with van der Waals surface area (Å²) < 4.78 is 32.8. The molecule has 2 aromatic heterocycles. The molecule has 15 heteroatoms. The van der Waals surface area contributed by atoms with Crippen molar-refractivity contribution in [1.29, 1.82) is 0 Å². The van der Waals surface area contributed by atoms with E-state index in [1.54, 1.807) is 28.8 Å². The largest absolute Gasteiger partial charge is 0.459 e. The third kappa shape index (κ3) is 5.64. The molecule has 186 valence electrons. The number of azide groups is 1. The number of hydrogen-bond acceptors (Lipinski definition) is 10. The third-order valence-corrected chi connectivity index (χ3v) is 7.25. The molecule has 2 unspecified atom stereocenters. The summed E-state index contributed by atoms with van der Waals surface area (Å²) in [6, 6.07) is 7.98. The van der Waals surface area contributed by atoms with E-state index in [0.29, 0.717) is 29.8 Å². The van der Waals surface area contributed by atoms with Crippen LogP contribution in [0.1, 0.15) is 32.9 Å². The molecule has 5 atom stereocenters. The number of aromatic nitrogens is 4. The first-order chi connectivity index (χ1) is 16.8. The summed E-state index contributed by atoms with van der Waals surface area (Å²) in [4.78, 5) is 15.3. The van der Waals surface area contributed by atoms with E-state index in [4.69, 9.17) is 30.8 Å². The van der Waals surface area contributed by atoms with E-state index >= 15 is 0 Å². The lowest BCUT2D eigenvalue weighted by atomic mass is 10.1. The molecule has 4 rings (SSSR count). The number of rotatable bonds is 10. The van der Waals surface area contributed by atoms with Crippen LogP contribution in [-0.2, 0) is 13.8 Å². The Balaban J connectivity index is 1.54. The van der Waals surface area contributed by atoms with Crippen LogP contribution in [0.5, 0.6) is 5.75 Å². The molecule has 0 amide bonds. The maximum absolute atomic E-state index is 13.6. The molecule has 35 heavy (non-hydrogen) atoms. The Kier molecular flexibility index (Phi) is 7.39. The first-order valence-corrected chi connectivity index (χ1v) is 12.6. The Labute approximate surface area is 201 Å². The number of benzene rings is 1. The van der Waals surface area contributed by atoms with Crippen molar-refractivity contribution < 1.29 is 18.3 Å². The van der Waals surface area contributed by atoms with Crippen molar-refractivity contribution in [2.75, 3.05) is 18.1 Å². The van der Waals surface area contributed by atoms with Crippen molar-refractivity contribution in [3.8, 4) is 5.75 Å². The van der Waals surface area contributed by atoms with Gasteiger partial charge in [-0.1, -0.05) is 30.2 Å². The van der Waals surface area contributed by atoms with E-state index in [1.165, 1.54) is 6.33 Å². The summed E-state index contributed by atoms with van der Waals surface area (Å²) in [5, 5.41) is 6.78. The summed E-state index contributed by atoms with van der Waals surface area (Å²) in [5.41, 5.74) is 21.5. The van der Waals surface area contributed by atoms with Gasteiger partial charge in [0.25, 0.3) is 0 Å². The second kappa shape index (κ2) is 10.5. The van der Waals surface area contributed by atoms with Gasteiger partial charge in [-0.3, -0.25) is 9.09 Å². The Morgan fingerprint density at radius 2 is 2.14 bits per heavy atom. The van der Waals surface area contributed by atoms with Crippen LogP contribution in [-0.4, -0.2) is 44.3 Å². The zero-order valence-electron chi connectivity index (χ0n) is 19.3. The van der Waals surface area contributed by atoms with Crippen LogP contribution >= 0.6 is 7.75 Å². The SMILES string of the molecule is CC[C@H](C)NP(=O)(OC[C@H]1O[C@@H](n2cnc3c(N)nc(N)nc32)CC1N=[N+]=[N-])Oc1ccccc1. The fourth-order valence-electron chi connectivity index (χ4n) is 3.63. The lowest BCUT2D eigenvalue weighted by Crippen LogP contribution is -2.30. The Morgan fingerprint density at radius 1 is 1.37 bits per heavy atom. The molecule has 0 spiro atoms. The molecule has 1 aromatic carbocycles. The van der Waals surface area contributed by atoms with Gasteiger partial charge in [-0.25, -0.2) is 14.6 Å². The van der Waals surface area contributed by atoms with Gasteiger partial charge in [0.2, 0.25) is 5.95 Å². The standard InChI is InChI=1S/C20H27N10O4P/c1-3-12(2)28-35(31,34-13-7-5-4-6-8-13)32-10-15-14(27-29-23)9-16(33-15)30-11-24-17-18(21)25-20(22)26-19(17)30/h4-8,11-12,14-16H,3,9-10H2,1-2H3,(H,28,31)(H4,21,22,25,26)/t12-,14?,15+,16+,35?/m0/s1. The highest BCUT2D eigenvalue weighted by Gasteiger charge is 2.39. The zero-order chi connectivity index (χ0) is 25.0. The van der Waals surface area contributed by atoms with Gasteiger partial charge in [-0.15, -0.1) is 0 Å². The van der Waals surface area contributed by atoms with Crippen molar-refractivity contribution in [3.63, 3.8) is 0 Å². The summed E-state index contributed by atoms with van der Waals surface area (Å²) in [6.45, 7) is 3.67. The zero-order valence-corrected chi connectivity index (χ0v) is 20.2. The Morgan fingerprint density at radius 3 is 2.86 bits per heavy atom. The van der Waals surface area contributed by atoms with Crippen LogP contribution in [0.15, 0.2) is 41.8 Å². The van der Waals surface area contributed by atoms with E-state index in [-0.39, 0.29) is 24.4 Å². The number of nitrogen functional groups attached to an aromatic ring is 2. The summed E-state index contributed by atoms with van der Waals surface area (Å²) >= 11 is 0. The molecule has 1 aliphatic rings. The van der Waals surface area contributed by atoms with Crippen LogP contribution < -0.4 is 21.1 Å². The van der Waals surface area contributed by atoms with Crippen molar-refractivity contribution >= 4 is 30.7 Å². The number of anilines is 2. The minimum absolute atomic E-state index is 0.00339. The van der Waals surface area contributed by atoms with Crippen LogP contribution in [0.25, 0.3) is 21.6 Å². The second-order valence-electron chi connectivity index (χ2n) is 8.06. The van der Waals surface area contributed by atoms with Crippen molar-refractivity contribution in [2.45, 2.75) is 51.1 Å². The highest BCUT2D eigenvalue weighted by Crippen LogP contribution is 2.46. The molecule has 5 N–H and O–H groups in total. The predicted molar refractivity (Wildman–Crippen MR) is 129 cm³/mol. The minimum Gasteiger partial charge on any atom is -0.413 e. The van der Waals surface area contributed by atoms with Gasteiger partial charge in [0.05, 0.1) is 25.1 Å². The fourth-order valence-corrected chi connectivity index (χ4v) is 5.28. The molecule has 3 heterocycles. The topological polar surface area (TPSA) is 201 Å². The normalized spacial score (nSPS) is 22.4. The summed E-state index contributed by atoms with van der Waals surface area (Å²) in [5.74, 6) is 0.533. The number of nitrogens with two attached hydrogens (primary N) is 2. The highest BCUT2D eigenvalue weighted by molar-refractivity contribution is 7.52. The number of fused-ring (bicyclic) bond motifs is 1. The smallest absolute Gasteiger partial charge is 0.413 e. The van der Waals surface area contributed by atoms with Gasteiger partial charge in [0.15, 0.2) is 11.5 Å². The van der Waals surface area contributed by atoms with E-state index in [0.717, 1.165) is 0 Å². The quantitative estimate of drug-likeness (QED) is 0.159. The first kappa shape index (κ1) is 24.7. The second-order valence-corrected chi connectivity index (χ2v) is 9.76. The number of imidazole rings is 1. The van der Waals surface area contributed by atoms with Gasteiger partial charge >= 0.3 is 7.75 Å². The van der Waals surface area contributed by atoms with Gasteiger partial charge in [0.1, 0.15) is 17.5 Å². The molecule has 0 bridgehead atoms. The maximum Gasteiger partial charge on any atom is 0.459 e. The van der Waals surface area contributed by atoms with Crippen LogP contribution in [0.2, 0.25) is 0 Å². The number of ether oxygens (including phenoxy) is 1. The molecule has 0 saturated carbocycles. The van der Waals surface area contributed by atoms with E-state index in [9.17, 15) is 4.57 Å². The third-order valence-electron chi connectivity index (χ3n) is 5.55. The molecule has 3 aromatic rings. The van der Waals surface area contributed by atoms with Crippen molar-refractivity contribution in [2.24, 2.45) is 5.11 Å². The average Bonchev–Trinajstić information content (AvgIpc) is 3.42.